The Balaban J connectivity index is 2.29. The second-order valence-electron chi connectivity index (χ2n) is 4.59. The van der Waals surface area contributed by atoms with Crippen molar-refractivity contribution in [2.75, 3.05) is 0 Å². The highest BCUT2D eigenvalue weighted by molar-refractivity contribution is 7.89. The largest absolute Gasteiger partial charge is 0.324 e. The number of nitrogens with zero attached hydrogens (tertiary/aromatic N) is 2. The highest BCUT2D eigenvalue weighted by Gasteiger charge is 2.25. The fraction of sp³-hybridized carbons (Fsp3) is 0.308. The van der Waals surface area contributed by atoms with Crippen LogP contribution >= 0.6 is 23.2 Å². The summed E-state index contributed by atoms with van der Waals surface area (Å²) in [5.41, 5.74) is 0.831. The highest BCUT2D eigenvalue weighted by atomic mass is 35.5. The van der Waals surface area contributed by atoms with Gasteiger partial charge < -0.3 is 4.57 Å². The minimum atomic E-state index is -3.79. The maximum absolute atomic E-state index is 12.4. The molecule has 5 nitrogen and oxygen atoms in total. The van der Waals surface area contributed by atoms with Crippen LogP contribution in [0.25, 0.3) is 0 Å². The third-order valence-electron chi connectivity index (χ3n) is 3.07. The second-order valence-corrected chi connectivity index (χ2v) is 7.01. The summed E-state index contributed by atoms with van der Waals surface area (Å²) in [4.78, 5) is 3.84. The first kappa shape index (κ1) is 16.3. The van der Waals surface area contributed by atoms with E-state index >= 15 is 0 Å². The average Bonchev–Trinajstić information content (AvgIpc) is 2.78. The molecule has 0 spiro atoms. The monoisotopic (exact) mass is 347 g/mol. The number of imidazole rings is 1. The van der Waals surface area contributed by atoms with Gasteiger partial charge in [-0.15, -0.1) is 0 Å². The van der Waals surface area contributed by atoms with E-state index in [4.69, 9.17) is 23.2 Å². The first-order chi connectivity index (χ1) is 9.85. The fourth-order valence-corrected chi connectivity index (χ4v) is 3.76. The van der Waals surface area contributed by atoms with E-state index in [1.807, 2.05) is 6.92 Å². The molecule has 8 heteroatoms. The van der Waals surface area contributed by atoms with Gasteiger partial charge in [0.05, 0.1) is 6.33 Å². The van der Waals surface area contributed by atoms with Crippen LogP contribution < -0.4 is 4.72 Å². The van der Waals surface area contributed by atoms with E-state index in [0.29, 0.717) is 11.4 Å². The first-order valence-electron chi connectivity index (χ1n) is 6.29. The zero-order chi connectivity index (χ0) is 15.6. The van der Waals surface area contributed by atoms with E-state index in [1.54, 1.807) is 31.3 Å². The first-order valence-corrected chi connectivity index (χ1v) is 8.53. The lowest BCUT2D eigenvalue weighted by atomic mass is 10.1. The molecule has 0 fully saturated rings. The van der Waals surface area contributed by atoms with E-state index in [0.717, 1.165) is 5.56 Å². The highest BCUT2D eigenvalue weighted by Crippen LogP contribution is 2.24. The summed E-state index contributed by atoms with van der Waals surface area (Å²) in [6.45, 7) is 1.89. The van der Waals surface area contributed by atoms with Gasteiger partial charge in [-0.2, -0.15) is 0 Å². The van der Waals surface area contributed by atoms with Crippen molar-refractivity contribution in [3.63, 3.8) is 0 Å². The average molecular weight is 348 g/mol. The smallest absolute Gasteiger partial charge is 0.261 e. The molecule has 0 saturated heterocycles. The van der Waals surface area contributed by atoms with Gasteiger partial charge in [0.15, 0.2) is 0 Å². The Morgan fingerprint density at radius 3 is 2.38 bits per heavy atom. The van der Waals surface area contributed by atoms with Crippen LogP contribution in [0.2, 0.25) is 10.2 Å². The standard InChI is InChI=1S/C13H15Cl2N3O2S/c1-3-11(9-4-6-10(14)7-5-9)17-21(19,20)13-12(15)18(2)8-16-13/h4-8,11,17H,3H2,1-2H3. The molecule has 1 atom stereocenters. The Morgan fingerprint density at radius 2 is 1.90 bits per heavy atom. The molecule has 2 rings (SSSR count). The van der Waals surface area contributed by atoms with E-state index < -0.39 is 10.0 Å². The molecule has 0 saturated carbocycles. The van der Waals surface area contributed by atoms with Gasteiger partial charge in [-0.25, -0.2) is 18.1 Å². The fourth-order valence-electron chi connectivity index (χ4n) is 1.90. The summed E-state index contributed by atoms with van der Waals surface area (Å²) < 4.78 is 28.8. The zero-order valence-corrected chi connectivity index (χ0v) is 13.9. The summed E-state index contributed by atoms with van der Waals surface area (Å²) in [7, 11) is -2.16. The van der Waals surface area contributed by atoms with Gasteiger partial charge in [0.1, 0.15) is 5.15 Å². The van der Waals surface area contributed by atoms with Gasteiger partial charge in [-0.05, 0) is 24.1 Å². The molecule has 0 amide bonds. The lowest BCUT2D eigenvalue weighted by Gasteiger charge is -2.17. The van der Waals surface area contributed by atoms with Gasteiger partial charge in [-0.1, -0.05) is 42.3 Å². The minimum absolute atomic E-state index is 0.0773. The number of hydrogen-bond donors (Lipinski definition) is 1. The predicted octanol–water partition coefficient (Wildman–Crippen LogP) is 3.16. The van der Waals surface area contributed by atoms with E-state index in [-0.39, 0.29) is 16.2 Å². The maximum atomic E-state index is 12.4. The maximum Gasteiger partial charge on any atom is 0.261 e. The van der Waals surface area contributed by atoms with Crippen molar-refractivity contribution in [1.82, 2.24) is 14.3 Å². The van der Waals surface area contributed by atoms with Crippen LogP contribution in [0.1, 0.15) is 24.9 Å². The number of sulfonamides is 1. The SMILES string of the molecule is CCC(NS(=O)(=O)c1ncn(C)c1Cl)c1ccc(Cl)cc1. The summed E-state index contributed by atoms with van der Waals surface area (Å²) in [6.07, 6.45) is 1.95. The number of aryl methyl sites for hydroxylation is 1. The molecule has 1 unspecified atom stereocenters. The predicted molar refractivity (Wildman–Crippen MR) is 83.0 cm³/mol. The molecule has 0 aliphatic heterocycles. The van der Waals surface area contributed by atoms with Crippen LogP contribution in [0.3, 0.4) is 0 Å². The van der Waals surface area contributed by atoms with Crippen molar-refractivity contribution in [2.45, 2.75) is 24.4 Å². The number of rotatable bonds is 5. The van der Waals surface area contributed by atoms with Crippen LogP contribution in [-0.2, 0) is 17.1 Å². The Kier molecular flexibility index (Phi) is 4.93. The van der Waals surface area contributed by atoms with Crippen molar-refractivity contribution in [3.05, 3.63) is 46.3 Å². The second kappa shape index (κ2) is 6.36. The molecular weight excluding hydrogens is 333 g/mol. The topological polar surface area (TPSA) is 64.0 Å². The summed E-state index contributed by atoms with van der Waals surface area (Å²) in [5.74, 6) is 0. The van der Waals surface area contributed by atoms with E-state index in [9.17, 15) is 8.42 Å². The molecule has 1 aromatic carbocycles. The van der Waals surface area contributed by atoms with Crippen molar-refractivity contribution >= 4 is 33.2 Å². The molecule has 1 N–H and O–H groups in total. The normalized spacial score (nSPS) is 13.3. The Hall–Kier alpha value is -1.08. The lowest BCUT2D eigenvalue weighted by Crippen LogP contribution is -2.28. The molecule has 0 bridgehead atoms. The third kappa shape index (κ3) is 3.58. The minimum Gasteiger partial charge on any atom is -0.324 e. The van der Waals surface area contributed by atoms with Gasteiger partial charge in [0.2, 0.25) is 5.03 Å². The molecule has 2 aromatic rings. The van der Waals surface area contributed by atoms with E-state index in [2.05, 4.69) is 9.71 Å². The molecule has 114 valence electrons. The zero-order valence-electron chi connectivity index (χ0n) is 11.5. The quantitative estimate of drug-likeness (QED) is 0.903. The van der Waals surface area contributed by atoms with Crippen LogP contribution in [0.5, 0.6) is 0 Å². The van der Waals surface area contributed by atoms with Crippen LogP contribution in [0, 0.1) is 0 Å². The van der Waals surface area contributed by atoms with Crippen molar-refractivity contribution in [3.8, 4) is 0 Å². The number of nitrogens with one attached hydrogen (secondary N) is 1. The molecule has 0 aliphatic rings. The van der Waals surface area contributed by atoms with Crippen LogP contribution in [0.15, 0.2) is 35.6 Å². The van der Waals surface area contributed by atoms with Crippen molar-refractivity contribution in [2.24, 2.45) is 7.05 Å². The molecule has 1 aromatic heterocycles. The van der Waals surface area contributed by atoms with Gasteiger partial charge in [-0.3, -0.25) is 0 Å². The summed E-state index contributed by atoms with van der Waals surface area (Å²) in [6, 6.07) is 6.66. The molecule has 0 radical (unpaired) electrons. The van der Waals surface area contributed by atoms with Gasteiger partial charge in [0.25, 0.3) is 10.0 Å². The summed E-state index contributed by atoms with van der Waals surface area (Å²) in [5, 5.41) is 0.511. The molecule has 21 heavy (non-hydrogen) atoms. The molecular formula is C13H15Cl2N3O2S. The Labute approximate surface area is 134 Å². The van der Waals surface area contributed by atoms with Gasteiger partial charge in [0, 0.05) is 18.1 Å². The van der Waals surface area contributed by atoms with Crippen LogP contribution in [0.4, 0.5) is 0 Å². The Bertz CT molecular complexity index is 726. The molecule has 1 heterocycles. The van der Waals surface area contributed by atoms with Crippen molar-refractivity contribution in [1.29, 1.82) is 0 Å². The Morgan fingerprint density at radius 1 is 1.29 bits per heavy atom. The van der Waals surface area contributed by atoms with E-state index in [1.165, 1.54) is 10.9 Å². The lowest BCUT2D eigenvalue weighted by molar-refractivity contribution is 0.547. The number of benzene rings is 1. The molecule has 0 aliphatic carbocycles. The third-order valence-corrected chi connectivity index (χ3v) is 5.28. The number of aromatic nitrogens is 2. The van der Waals surface area contributed by atoms with Crippen LogP contribution in [-0.4, -0.2) is 18.0 Å². The van der Waals surface area contributed by atoms with Gasteiger partial charge >= 0.3 is 0 Å². The van der Waals surface area contributed by atoms with Crippen molar-refractivity contribution < 1.29 is 8.42 Å². The number of hydrogen-bond acceptors (Lipinski definition) is 3. The summed E-state index contributed by atoms with van der Waals surface area (Å²) >= 11 is 11.8. The number of halogens is 2.